The number of nitrogens with one attached hydrogen (secondary N) is 1. The summed E-state index contributed by atoms with van der Waals surface area (Å²) in [6.07, 6.45) is -0.649. The second-order valence-corrected chi connectivity index (χ2v) is 6.97. The van der Waals surface area contributed by atoms with Crippen LogP contribution in [0.4, 0.5) is 4.79 Å². The van der Waals surface area contributed by atoms with Gasteiger partial charge in [-0.15, -0.1) is 0 Å². The molecule has 0 spiro atoms. The molecule has 1 atom stereocenters. The van der Waals surface area contributed by atoms with Gasteiger partial charge in [0.25, 0.3) is 0 Å². The maximum atomic E-state index is 12.4. The lowest BCUT2D eigenvalue weighted by Gasteiger charge is -2.22. The van der Waals surface area contributed by atoms with E-state index >= 15 is 0 Å². The molecule has 0 aromatic heterocycles. The van der Waals surface area contributed by atoms with Crippen molar-refractivity contribution in [3.8, 4) is 28.4 Å². The fourth-order valence-electron chi connectivity index (χ4n) is 3.34. The second-order valence-electron chi connectivity index (χ2n) is 6.97. The molecule has 0 aliphatic carbocycles. The Hall–Kier alpha value is -3.71. The standard InChI is InChI=1S/C25H27NO6/c1-29-19-11-9-18(10-12-19)21-13-20(30-2)14-22(24(21)31-3)23(15-27)26-25(28)32-16-17-7-5-4-6-8-17/h4-14,23,27H,15-16H2,1-3H3,(H,26,28)/t23-/m0/s1. The summed E-state index contributed by atoms with van der Waals surface area (Å²) in [5, 5.41) is 12.8. The van der Waals surface area contributed by atoms with E-state index in [1.807, 2.05) is 60.7 Å². The molecule has 3 aromatic carbocycles. The Balaban J connectivity index is 1.88. The van der Waals surface area contributed by atoms with Gasteiger partial charge in [-0.1, -0.05) is 42.5 Å². The number of aliphatic hydroxyl groups is 1. The summed E-state index contributed by atoms with van der Waals surface area (Å²) in [6.45, 7) is -0.233. The largest absolute Gasteiger partial charge is 0.497 e. The van der Waals surface area contributed by atoms with Crippen molar-refractivity contribution in [2.24, 2.45) is 0 Å². The Morgan fingerprint density at radius 3 is 2.19 bits per heavy atom. The number of carbonyl (C=O) groups excluding carboxylic acids is 1. The van der Waals surface area contributed by atoms with E-state index in [1.165, 1.54) is 0 Å². The number of amides is 1. The number of rotatable bonds is 9. The van der Waals surface area contributed by atoms with Gasteiger partial charge >= 0.3 is 6.09 Å². The van der Waals surface area contributed by atoms with Crippen molar-refractivity contribution in [3.63, 3.8) is 0 Å². The predicted molar refractivity (Wildman–Crippen MR) is 121 cm³/mol. The molecule has 3 aromatic rings. The third-order valence-corrected chi connectivity index (χ3v) is 4.99. The summed E-state index contributed by atoms with van der Waals surface area (Å²) in [6, 6.07) is 19.6. The van der Waals surface area contributed by atoms with Crippen LogP contribution in [0.15, 0.2) is 66.7 Å². The molecule has 0 fully saturated rings. The minimum atomic E-state index is -0.764. The highest BCUT2D eigenvalue weighted by atomic mass is 16.5. The zero-order valence-corrected chi connectivity index (χ0v) is 18.3. The highest BCUT2D eigenvalue weighted by molar-refractivity contribution is 5.76. The Labute approximate surface area is 187 Å². The third kappa shape index (κ3) is 5.50. The maximum Gasteiger partial charge on any atom is 0.408 e. The molecule has 168 valence electrons. The molecule has 0 aliphatic rings. The molecule has 3 rings (SSSR count). The van der Waals surface area contributed by atoms with Crippen LogP contribution in [0.2, 0.25) is 0 Å². The Morgan fingerprint density at radius 2 is 1.59 bits per heavy atom. The highest BCUT2D eigenvalue weighted by Gasteiger charge is 2.23. The molecule has 2 N–H and O–H groups in total. The van der Waals surface area contributed by atoms with Crippen LogP contribution in [0.25, 0.3) is 11.1 Å². The van der Waals surface area contributed by atoms with Crippen LogP contribution in [-0.4, -0.2) is 39.1 Å². The summed E-state index contributed by atoms with van der Waals surface area (Å²) in [5.41, 5.74) is 3.05. The molecule has 0 heterocycles. The molecule has 0 radical (unpaired) electrons. The first kappa shape index (κ1) is 23.0. The van der Waals surface area contributed by atoms with E-state index < -0.39 is 12.1 Å². The van der Waals surface area contributed by atoms with Gasteiger partial charge in [-0.05, 0) is 35.4 Å². The van der Waals surface area contributed by atoms with Crippen LogP contribution in [-0.2, 0) is 11.3 Å². The molecule has 0 saturated carbocycles. The average molecular weight is 437 g/mol. The molecule has 32 heavy (non-hydrogen) atoms. The fraction of sp³-hybridized carbons (Fsp3) is 0.240. The number of ether oxygens (including phenoxy) is 4. The van der Waals surface area contributed by atoms with E-state index in [0.717, 1.165) is 22.4 Å². The lowest BCUT2D eigenvalue weighted by atomic mass is 9.97. The molecule has 0 bridgehead atoms. The molecular weight excluding hydrogens is 410 g/mol. The number of hydrogen-bond acceptors (Lipinski definition) is 6. The number of alkyl carbamates (subject to hydrolysis) is 1. The van der Waals surface area contributed by atoms with Gasteiger partial charge < -0.3 is 29.4 Å². The SMILES string of the molecule is COc1ccc(-c2cc(OC)cc([C@H](CO)NC(=O)OCc3ccccc3)c2OC)cc1. The smallest absolute Gasteiger partial charge is 0.408 e. The van der Waals surface area contributed by atoms with Crippen molar-refractivity contribution in [3.05, 3.63) is 77.9 Å². The lowest BCUT2D eigenvalue weighted by Crippen LogP contribution is -2.31. The topological polar surface area (TPSA) is 86.2 Å². The number of aliphatic hydroxyl groups excluding tert-OH is 1. The van der Waals surface area contributed by atoms with E-state index in [0.29, 0.717) is 17.1 Å². The molecule has 0 saturated heterocycles. The van der Waals surface area contributed by atoms with Crippen LogP contribution >= 0.6 is 0 Å². The van der Waals surface area contributed by atoms with Crippen molar-refractivity contribution in [2.75, 3.05) is 27.9 Å². The Morgan fingerprint density at radius 1 is 0.906 bits per heavy atom. The number of hydrogen-bond donors (Lipinski definition) is 2. The molecule has 0 unspecified atom stereocenters. The third-order valence-electron chi connectivity index (χ3n) is 4.99. The first-order valence-electron chi connectivity index (χ1n) is 10.1. The second kappa shape index (κ2) is 11.1. The van der Waals surface area contributed by atoms with Gasteiger partial charge in [-0.25, -0.2) is 4.79 Å². The first-order valence-corrected chi connectivity index (χ1v) is 10.1. The zero-order chi connectivity index (χ0) is 22.9. The van der Waals surface area contributed by atoms with Crippen molar-refractivity contribution in [1.82, 2.24) is 5.32 Å². The van der Waals surface area contributed by atoms with Crippen molar-refractivity contribution >= 4 is 6.09 Å². The molecular formula is C25H27NO6. The van der Waals surface area contributed by atoms with Crippen molar-refractivity contribution < 1.29 is 28.8 Å². The van der Waals surface area contributed by atoms with Gasteiger partial charge in [0, 0.05) is 11.1 Å². The van der Waals surface area contributed by atoms with Gasteiger partial charge in [0.1, 0.15) is 23.9 Å². The summed E-state index contributed by atoms with van der Waals surface area (Å²) in [5.74, 6) is 1.80. The number of benzene rings is 3. The molecule has 0 aliphatic heterocycles. The molecule has 7 heteroatoms. The van der Waals surface area contributed by atoms with E-state index in [-0.39, 0.29) is 13.2 Å². The van der Waals surface area contributed by atoms with Crippen LogP contribution in [0.3, 0.4) is 0 Å². The quantitative estimate of drug-likeness (QED) is 0.518. The van der Waals surface area contributed by atoms with E-state index in [9.17, 15) is 9.90 Å². The number of methoxy groups -OCH3 is 3. The van der Waals surface area contributed by atoms with E-state index in [4.69, 9.17) is 18.9 Å². The minimum Gasteiger partial charge on any atom is -0.497 e. The summed E-state index contributed by atoms with van der Waals surface area (Å²) in [7, 11) is 4.70. The van der Waals surface area contributed by atoms with Gasteiger partial charge in [-0.2, -0.15) is 0 Å². The fourth-order valence-corrected chi connectivity index (χ4v) is 3.34. The molecule has 7 nitrogen and oxygen atoms in total. The van der Waals surface area contributed by atoms with Crippen LogP contribution in [0.1, 0.15) is 17.2 Å². The van der Waals surface area contributed by atoms with Crippen LogP contribution < -0.4 is 19.5 Å². The summed E-state index contributed by atoms with van der Waals surface area (Å²) < 4.78 is 21.7. The maximum absolute atomic E-state index is 12.4. The van der Waals surface area contributed by atoms with Crippen molar-refractivity contribution in [1.29, 1.82) is 0 Å². The van der Waals surface area contributed by atoms with Crippen LogP contribution in [0, 0.1) is 0 Å². The normalized spacial score (nSPS) is 11.4. The number of carbonyl (C=O) groups is 1. The van der Waals surface area contributed by atoms with E-state index in [2.05, 4.69) is 5.32 Å². The van der Waals surface area contributed by atoms with Gasteiger partial charge in [-0.3, -0.25) is 0 Å². The van der Waals surface area contributed by atoms with Crippen molar-refractivity contribution in [2.45, 2.75) is 12.6 Å². The van der Waals surface area contributed by atoms with Gasteiger partial charge in [0.05, 0.1) is 34.0 Å². The van der Waals surface area contributed by atoms with Crippen LogP contribution in [0.5, 0.6) is 17.2 Å². The van der Waals surface area contributed by atoms with Gasteiger partial charge in [0.15, 0.2) is 0 Å². The lowest BCUT2D eigenvalue weighted by molar-refractivity contribution is 0.129. The minimum absolute atomic E-state index is 0.122. The Bertz CT molecular complexity index is 1020. The zero-order valence-electron chi connectivity index (χ0n) is 18.3. The van der Waals surface area contributed by atoms with E-state index in [1.54, 1.807) is 27.4 Å². The molecule has 1 amide bonds. The predicted octanol–water partition coefficient (Wildman–Crippen LogP) is 4.34. The monoisotopic (exact) mass is 437 g/mol. The average Bonchev–Trinajstić information content (AvgIpc) is 2.85. The van der Waals surface area contributed by atoms with Gasteiger partial charge in [0.2, 0.25) is 0 Å². The summed E-state index contributed by atoms with van der Waals surface area (Å²) >= 11 is 0. The first-order chi connectivity index (χ1) is 15.6. The Kier molecular flexibility index (Phi) is 7.94. The highest BCUT2D eigenvalue weighted by Crippen LogP contribution is 2.40. The summed E-state index contributed by atoms with van der Waals surface area (Å²) in [4.78, 5) is 12.4.